The summed E-state index contributed by atoms with van der Waals surface area (Å²) in [5.41, 5.74) is -1.02. The van der Waals surface area contributed by atoms with Crippen LogP contribution >= 0.6 is 12.4 Å². The van der Waals surface area contributed by atoms with Gasteiger partial charge in [-0.1, -0.05) is 0 Å². The van der Waals surface area contributed by atoms with Crippen LogP contribution in [0.3, 0.4) is 0 Å². The number of ether oxygens (including phenoxy) is 1. The third-order valence-electron chi connectivity index (χ3n) is 2.79. The first-order valence-electron chi connectivity index (χ1n) is 5.70. The second kappa shape index (κ2) is 6.43. The Morgan fingerprint density at radius 1 is 1.11 bits per heavy atom. The molecule has 0 atom stereocenters. The molecule has 1 heterocycles. The molecule has 0 spiro atoms. The zero-order valence-electron chi connectivity index (χ0n) is 9.97. The summed E-state index contributed by atoms with van der Waals surface area (Å²) >= 11 is 0. The smallest absolute Gasteiger partial charge is 0.416 e. The quantitative estimate of drug-likeness (QED) is 0.845. The van der Waals surface area contributed by atoms with E-state index in [1.165, 1.54) is 0 Å². The maximum atomic E-state index is 13.1. The fourth-order valence-corrected chi connectivity index (χ4v) is 1.90. The van der Waals surface area contributed by atoms with Gasteiger partial charge in [0.05, 0.1) is 5.56 Å². The number of hydrogen-bond acceptors (Lipinski definition) is 2. The number of alkyl halides is 3. The average Bonchev–Trinajstić information content (AvgIpc) is 2.28. The molecule has 7 heteroatoms. The van der Waals surface area contributed by atoms with Gasteiger partial charge in [-0.2, -0.15) is 13.2 Å². The third kappa shape index (κ3) is 4.54. The third-order valence-corrected chi connectivity index (χ3v) is 2.79. The maximum absolute atomic E-state index is 13.1. The van der Waals surface area contributed by atoms with Crippen molar-refractivity contribution in [2.24, 2.45) is 0 Å². The summed E-state index contributed by atoms with van der Waals surface area (Å²) in [5, 5.41) is 3.11. The summed E-state index contributed by atoms with van der Waals surface area (Å²) in [6.07, 6.45) is -3.31. The fourth-order valence-electron chi connectivity index (χ4n) is 1.90. The van der Waals surface area contributed by atoms with Crippen molar-refractivity contribution in [1.82, 2.24) is 5.32 Å². The zero-order chi connectivity index (χ0) is 13.2. The van der Waals surface area contributed by atoms with Gasteiger partial charge in [0.25, 0.3) is 0 Å². The molecular formula is C12H14ClF4NO. The number of benzene rings is 1. The first-order chi connectivity index (χ1) is 8.45. The molecule has 0 radical (unpaired) electrons. The van der Waals surface area contributed by atoms with E-state index in [1.54, 1.807) is 0 Å². The van der Waals surface area contributed by atoms with Gasteiger partial charge in [0, 0.05) is 6.07 Å². The van der Waals surface area contributed by atoms with Crippen molar-refractivity contribution in [3.8, 4) is 5.75 Å². The van der Waals surface area contributed by atoms with Crippen LogP contribution in [0.4, 0.5) is 17.6 Å². The van der Waals surface area contributed by atoms with E-state index in [-0.39, 0.29) is 24.3 Å². The summed E-state index contributed by atoms with van der Waals surface area (Å²) in [4.78, 5) is 0. The highest BCUT2D eigenvalue weighted by Gasteiger charge is 2.31. The van der Waals surface area contributed by atoms with Crippen molar-refractivity contribution in [3.05, 3.63) is 29.6 Å². The molecule has 1 aromatic carbocycles. The molecule has 0 unspecified atom stereocenters. The van der Waals surface area contributed by atoms with Crippen molar-refractivity contribution in [2.75, 3.05) is 13.1 Å². The van der Waals surface area contributed by atoms with Gasteiger partial charge in [-0.05, 0) is 38.1 Å². The van der Waals surface area contributed by atoms with Crippen LogP contribution in [-0.4, -0.2) is 19.2 Å². The fraction of sp³-hybridized carbons (Fsp3) is 0.500. The molecule has 2 nitrogen and oxygen atoms in total. The summed E-state index contributed by atoms with van der Waals surface area (Å²) in [7, 11) is 0. The lowest BCUT2D eigenvalue weighted by molar-refractivity contribution is -0.137. The molecule has 0 bridgehead atoms. The van der Waals surface area contributed by atoms with E-state index < -0.39 is 17.6 Å². The normalized spacial score (nSPS) is 16.8. The van der Waals surface area contributed by atoms with E-state index in [0.29, 0.717) is 18.9 Å². The molecular weight excluding hydrogens is 286 g/mol. The number of rotatable bonds is 2. The Kier molecular flexibility index (Phi) is 5.43. The SMILES string of the molecule is Cl.Fc1cc(OC2CCNCC2)cc(C(F)(F)F)c1. The molecule has 1 aliphatic rings. The summed E-state index contributed by atoms with van der Waals surface area (Å²) < 4.78 is 56.0. The predicted octanol–water partition coefficient (Wildman–Crippen LogP) is 3.40. The molecule has 1 aromatic rings. The van der Waals surface area contributed by atoms with Gasteiger partial charge in [-0.3, -0.25) is 0 Å². The number of hydrogen-bond donors (Lipinski definition) is 1. The lowest BCUT2D eigenvalue weighted by Crippen LogP contribution is -2.34. The average molecular weight is 300 g/mol. The molecule has 0 amide bonds. The topological polar surface area (TPSA) is 21.3 Å². The second-order valence-corrected chi connectivity index (χ2v) is 4.24. The van der Waals surface area contributed by atoms with E-state index in [4.69, 9.17) is 4.74 Å². The van der Waals surface area contributed by atoms with Gasteiger partial charge in [-0.25, -0.2) is 4.39 Å². The highest BCUT2D eigenvalue weighted by molar-refractivity contribution is 5.85. The van der Waals surface area contributed by atoms with Gasteiger partial charge in [0.15, 0.2) is 0 Å². The Balaban J connectivity index is 0.00000180. The van der Waals surface area contributed by atoms with Crippen LogP contribution in [0.5, 0.6) is 5.75 Å². The van der Waals surface area contributed by atoms with Crippen molar-refractivity contribution in [2.45, 2.75) is 25.1 Å². The minimum absolute atomic E-state index is 0. The van der Waals surface area contributed by atoms with Gasteiger partial charge >= 0.3 is 6.18 Å². The van der Waals surface area contributed by atoms with Crippen molar-refractivity contribution >= 4 is 12.4 Å². The van der Waals surface area contributed by atoms with Gasteiger partial charge < -0.3 is 10.1 Å². The van der Waals surface area contributed by atoms with Crippen LogP contribution in [0.1, 0.15) is 18.4 Å². The molecule has 1 N–H and O–H groups in total. The molecule has 0 saturated carbocycles. The Bertz CT molecular complexity index is 419. The molecule has 108 valence electrons. The largest absolute Gasteiger partial charge is 0.490 e. The Morgan fingerprint density at radius 2 is 1.74 bits per heavy atom. The van der Waals surface area contributed by atoms with Crippen LogP contribution in [0.2, 0.25) is 0 Å². The summed E-state index contributed by atoms with van der Waals surface area (Å²) in [6.45, 7) is 1.51. The van der Waals surface area contributed by atoms with E-state index in [9.17, 15) is 17.6 Å². The second-order valence-electron chi connectivity index (χ2n) is 4.24. The standard InChI is InChI=1S/C12H13F4NO.ClH/c13-9-5-8(12(14,15)16)6-11(7-9)18-10-1-3-17-4-2-10;/h5-7,10,17H,1-4H2;1H. The molecule has 0 aromatic heterocycles. The monoisotopic (exact) mass is 299 g/mol. The van der Waals surface area contributed by atoms with Crippen LogP contribution < -0.4 is 10.1 Å². The molecule has 1 saturated heterocycles. The Labute approximate surface area is 114 Å². The van der Waals surface area contributed by atoms with E-state index in [2.05, 4.69) is 5.32 Å². The van der Waals surface area contributed by atoms with Crippen LogP contribution in [0, 0.1) is 5.82 Å². The zero-order valence-corrected chi connectivity index (χ0v) is 10.8. The molecule has 0 aliphatic carbocycles. The number of halogens is 5. The highest BCUT2D eigenvalue weighted by Crippen LogP contribution is 2.32. The number of nitrogens with one attached hydrogen (secondary N) is 1. The molecule has 1 fully saturated rings. The minimum atomic E-state index is -4.56. The van der Waals surface area contributed by atoms with Crippen LogP contribution in [0.15, 0.2) is 18.2 Å². The minimum Gasteiger partial charge on any atom is -0.490 e. The van der Waals surface area contributed by atoms with Gasteiger partial charge in [0.2, 0.25) is 0 Å². The van der Waals surface area contributed by atoms with E-state index >= 15 is 0 Å². The van der Waals surface area contributed by atoms with Crippen LogP contribution in [0.25, 0.3) is 0 Å². The molecule has 2 rings (SSSR count). The van der Waals surface area contributed by atoms with Crippen molar-refractivity contribution in [1.29, 1.82) is 0 Å². The summed E-state index contributed by atoms with van der Waals surface area (Å²) in [6, 6.07) is 2.29. The first-order valence-corrected chi connectivity index (χ1v) is 5.70. The van der Waals surface area contributed by atoms with E-state index in [1.807, 2.05) is 0 Å². The van der Waals surface area contributed by atoms with Crippen molar-refractivity contribution in [3.63, 3.8) is 0 Å². The van der Waals surface area contributed by atoms with Crippen LogP contribution in [-0.2, 0) is 6.18 Å². The van der Waals surface area contributed by atoms with Crippen molar-refractivity contribution < 1.29 is 22.3 Å². The lowest BCUT2D eigenvalue weighted by atomic mass is 10.1. The molecule has 19 heavy (non-hydrogen) atoms. The first kappa shape index (κ1) is 16.0. The van der Waals surface area contributed by atoms with Gasteiger partial charge in [-0.15, -0.1) is 12.4 Å². The van der Waals surface area contributed by atoms with Gasteiger partial charge in [0.1, 0.15) is 17.7 Å². The van der Waals surface area contributed by atoms with E-state index in [0.717, 1.165) is 25.2 Å². The maximum Gasteiger partial charge on any atom is 0.416 e. The number of piperidine rings is 1. The highest BCUT2D eigenvalue weighted by atomic mass is 35.5. The Morgan fingerprint density at radius 3 is 2.32 bits per heavy atom. The molecule has 1 aliphatic heterocycles. The Hall–Kier alpha value is -1.01. The predicted molar refractivity (Wildman–Crippen MR) is 65.2 cm³/mol. The summed E-state index contributed by atoms with van der Waals surface area (Å²) in [5.74, 6) is -0.997. The lowest BCUT2D eigenvalue weighted by Gasteiger charge is -2.24.